The first-order valence-corrected chi connectivity index (χ1v) is 34.1. The maximum Gasteiger partial charge on any atom is 0.340 e. The number of thioether (sulfide) groups is 1. The minimum Gasteiger partial charge on any atom is -0.456 e. The number of aliphatic hydroxyl groups excluding tert-OH is 1. The van der Waals surface area contributed by atoms with Crippen molar-refractivity contribution in [3.63, 3.8) is 0 Å². The van der Waals surface area contributed by atoms with Crippen LogP contribution in [0.3, 0.4) is 0 Å². The van der Waals surface area contributed by atoms with Gasteiger partial charge in [-0.25, -0.2) is 4.79 Å². The molecule has 0 fully saturated rings. The van der Waals surface area contributed by atoms with Gasteiger partial charge in [0, 0.05) is 110 Å². The van der Waals surface area contributed by atoms with Crippen LogP contribution in [0, 0.1) is 0 Å². The van der Waals surface area contributed by atoms with Crippen molar-refractivity contribution in [1.82, 2.24) is 50.8 Å². The number of H-pyrrole nitrogens is 1. The summed E-state index contributed by atoms with van der Waals surface area (Å²) in [6, 6.07) is 18.8. The SMILES string of the molecule is COCCCN(CC(=O)N(CCCN(C)C)CC(N)=O)C(=O)CN(CCCN(C)C)C(=O)CNC(=O)CCC(=O)Nc1ccc2c(c1)Oc1cc(NC(=O)C(Cc3c[nH]c4ccccc34)NC(=O)[C@H](CCSC)NC(=O)[C@@H](NC(=O)[C@H](C)N)C(C)O)ccc1C21OC(=O)c2ccccc21. The summed E-state index contributed by atoms with van der Waals surface area (Å²) in [5.41, 5.74) is 13.1. The van der Waals surface area contributed by atoms with Gasteiger partial charge in [-0.3, -0.25) is 47.9 Å². The Morgan fingerprint density at radius 3 is 1.84 bits per heavy atom. The number of nitrogens with one attached hydrogen (secondary N) is 7. The fourth-order valence-corrected chi connectivity index (χ4v) is 12.0. The number of ether oxygens (including phenoxy) is 3. The van der Waals surface area contributed by atoms with E-state index < -0.39 is 114 Å². The number of para-hydroxylation sites is 1. The molecule has 5 aromatic rings. The molecule has 1 aromatic heterocycles. The summed E-state index contributed by atoms with van der Waals surface area (Å²) < 4.78 is 18.2. The highest BCUT2D eigenvalue weighted by molar-refractivity contribution is 7.98. The van der Waals surface area contributed by atoms with E-state index in [0.717, 1.165) is 10.9 Å². The lowest BCUT2D eigenvalue weighted by Gasteiger charge is -2.37. The molecule has 3 unspecified atom stereocenters. The molecule has 0 aliphatic carbocycles. The van der Waals surface area contributed by atoms with E-state index in [1.807, 2.05) is 68.5 Å². The van der Waals surface area contributed by atoms with Crippen LogP contribution in [0.1, 0.15) is 85.0 Å². The molecule has 10 amide bonds. The number of nitrogens with zero attached hydrogens (tertiary/aromatic N) is 5. The molecule has 12 N–H and O–H groups in total. The van der Waals surface area contributed by atoms with Gasteiger partial charge >= 0.3 is 5.97 Å². The molecule has 2 aliphatic heterocycles. The highest BCUT2D eigenvalue weighted by Crippen LogP contribution is 2.57. The number of aromatic amines is 1. The number of hydrogen-bond donors (Lipinski definition) is 10. The smallest absolute Gasteiger partial charge is 0.340 e. The molecule has 0 saturated carbocycles. The van der Waals surface area contributed by atoms with Crippen molar-refractivity contribution in [1.29, 1.82) is 0 Å². The number of carbonyl (C=O) groups is 11. The van der Waals surface area contributed by atoms with Gasteiger partial charge in [0.05, 0.1) is 43.9 Å². The average molecular weight is 1390 g/mol. The van der Waals surface area contributed by atoms with E-state index in [9.17, 15) is 57.8 Å². The molecule has 0 bridgehead atoms. The number of esters is 1. The Hall–Kier alpha value is -9.46. The highest BCUT2D eigenvalue weighted by Gasteiger charge is 2.53. The van der Waals surface area contributed by atoms with Crippen molar-refractivity contribution in [2.24, 2.45) is 11.5 Å². The molecular weight excluding hydrogens is 1300 g/mol. The molecule has 534 valence electrons. The summed E-state index contributed by atoms with van der Waals surface area (Å²) in [6.45, 7) is 3.05. The summed E-state index contributed by atoms with van der Waals surface area (Å²) in [6.07, 6.45) is 2.97. The molecule has 6 atom stereocenters. The third kappa shape index (κ3) is 21.0. The Morgan fingerprint density at radius 2 is 1.23 bits per heavy atom. The Kier molecular flexibility index (Phi) is 28.3. The summed E-state index contributed by atoms with van der Waals surface area (Å²) in [5, 5.41) is 27.5. The van der Waals surface area contributed by atoms with Crippen molar-refractivity contribution in [2.45, 2.75) is 94.7 Å². The first-order chi connectivity index (χ1) is 47.2. The van der Waals surface area contributed by atoms with Crippen LogP contribution in [0.5, 0.6) is 11.5 Å². The van der Waals surface area contributed by atoms with Crippen LogP contribution in [0.15, 0.2) is 91.1 Å². The zero-order chi connectivity index (χ0) is 72.1. The third-order valence-corrected chi connectivity index (χ3v) is 17.3. The van der Waals surface area contributed by atoms with E-state index in [0.29, 0.717) is 60.4 Å². The number of hydrogen-bond acceptors (Lipinski definition) is 19. The lowest BCUT2D eigenvalue weighted by molar-refractivity contribution is -0.145. The van der Waals surface area contributed by atoms with Gasteiger partial charge in [-0.15, -0.1) is 0 Å². The molecule has 3 heterocycles. The first kappa shape index (κ1) is 76.9. The van der Waals surface area contributed by atoms with Gasteiger partial charge in [-0.1, -0.05) is 36.4 Å². The number of nitrogens with two attached hydrogens (primary N) is 2. The number of fused-ring (bicyclic) bond motifs is 7. The van der Waals surface area contributed by atoms with E-state index >= 15 is 0 Å². The number of aromatic nitrogens is 1. The number of rotatable bonds is 38. The predicted molar refractivity (Wildman–Crippen MR) is 372 cm³/mol. The van der Waals surface area contributed by atoms with Crippen LogP contribution >= 0.6 is 11.8 Å². The van der Waals surface area contributed by atoms with Crippen LogP contribution in [0.25, 0.3) is 10.9 Å². The van der Waals surface area contributed by atoms with Crippen molar-refractivity contribution >= 4 is 99.1 Å². The fourth-order valence-electron chi connectivity index (χ4n) is 11.5. The topological polar surface area (TPSA) is 392 Å². The molecule has 1 spiro atoms. The predicted octanol–water partition coefficient (Wildman–Crippen LogP) is 1.60. The van der Waals surface area contributed by atoms with Crippen molar-refractivity contribution in [2.75, 3.05) is 123 Å². The van der Waals surface area contributed by atoms with E-state index in [4.69, 9.17) is 25.7 Å². The van der Waals surface area contributed by atoms with E-state index in [1.165, 1.54) is 59.6 Å². The summed E-state index contributed by atoms with van der Waals surface area (Å²) in [7, 11) is 8.98. The van der Waals surface area contributed by atoms with Crippen LogP contribution in [0.4, 0.5) is 11.4 Å². The normalized spacial score (nSPS) is 15.0. The standard InChI is InChI=1S/C69H92N14O15S/c1-42(70)64(91)78-63(43(2)84)67(94)76-53(26-33-99-8)65(92)77-54(34-44-37-72-52-19-12-10-16-47(44)52)66(93)75-46-21-23-51-56(36-46)97-55-35-45(20-22-50(55)69(51)49-18-11-9-17-48(49)68(95)98-69)74-59(87)25-24-58(86)73-38-60(88)82(30-14-28-80(5)6)40-62(90)83(31-15-32-96-7)41-61(89)81(39-57(71)85)29-13-27-79(3)4/h9-12,16-23,35-37,42-43,53-54,63,72,84H,13-15,24-34,38-41,70H2,1-8H3,(H2,71,85)(H,73,86)(H,74,87)(H,75,93)(H,76,94)(H,77,92)(H,78,91)/t42-,43?,53-,54?,63-,69?/m0/s1. The molecule has 0 saturated heterocycles. The van der Waals surface area contributed by atoms with Crippen LogP contribution in [-0.4, -0.2) is 243 Å². The van der Waals surface area contributed by atoms with Crippen LogP contribution in [0.2, 0.25) is 0 Å². The van der Waals surface area contributed by atoms with Gasteiger partial charge in [0.1, 0.15) is 29.6 Å². The molecule has 99 heavy (non-hydrogen) atoms. The number of benzene rings is 4. The van der Waals surface area contributed by atoms with Gasteiger partial charge < -0.3 is 92.2 Å². The lowest BCUT2D eigenvalue weighted by Crippen LogP contribution is -2.60. The Bertz CT molecular complexity index is 3730. The maximum absolute atomic E-state index is 14.8. The summed E-state index contributed by atoms with van der Waals surface area (Å²) >= 11 is 1.41. The zero-order valence-electron chi connectivity index (χ0n) is 57.2. The third-order valence-electron chi connectivity index (χ3n) is 16.6. The number of methoxy groups -OCH3 is 1. The average Bonchev–Trinajstić information content (AvgIpc) is 1.60. The molecule has 0 radical (unpaired) electrons. The number of aliphatic hydroxyl groups is 1. The molecule has 4 aromatic carbocycles. The largest absolute Gasteiger partial charge is 0.456 e. The van der Waals surface area contributed by atoms with Crippen molar-refractivity contribution in [3.05, 3.63) is 119 Å². The lowest BCUT2D eigenvalue weighted by atomic mass is 9.77. The maximum atomic E-state index is 14.8. The first-order valence-electron chi connectivity index (χ1n) is 32.7. The van der Waals surface area contributed by atoms with E-state index in [2.05, 4.69) is 36.9 Å². The Morgan fingerprint density at radius 1 is 0.657 bits per heavy atom. The van der Waals surface area contributed by atoms with Gasteiger partial charge in [0.25, 0.3) is 0 Å². The summed E-state index contributed by atoms with van der Waals surface area (Å²) in [5.74, 6) is -6.40. The summed E-state index contributed by atoms with van der Waals surface area (Å²) in [4.78, 5) is 161. The molecule has 2 aliphatic rings. The number of primary amides is 1. The van der Waals surface area contributed by atoms with Crippen molar-refractivity contribution in [3.8, 4) is 11.5 Å². The highest BCUT2D eigenvalue weighted by atomic mass is 32.2. The second-order valence-corrected chi connectivity index (χ2v) is 26.0. The second kappa shape index (κ2) is 36.4. The fraction of sp³-hybridized carbons (Fsp3) is 0.464. The molecule has 7 rings (SSSR count). The zero-order valence-corrected chi connectivity index (χ0v) is 58.1. The van der Waals surface area contributed by atoms with Crippen molar-refractivity contribution < 1.29 is 72.1 Å². The van der Waals surface area contributed by atoms with E-state index in [-0.39, 0.29) is 93.5 Å². The monoisotopic (exact) mass is 1390 g/mol. The number of anilines is 2. The second-order valence-electron chi connectivity index (χ2n) is 25.0. The van der Waals surface area contributed by atoms with E-state index in [1.54, 1.807) is 54.7 Å². The minimum absolute atomic E-state index is 0.0303. The molecular formula is C69H92N14O15S. The Labute approximate surface area is 579 Å². The molecule has 29 nitrogen and oxygen atoms in total. The quantitative estimate of drug-likeness (QED) is 0.0198. The minimum atomic E-state index is -1.59. The van der Waals surface area contributed by atoms with Gasteiger partial charge in [-0.05, 0) is 135 Å². The van der Waals surface area contributed by atoms with Crippen LogP contribution < -0.4 is 48.1 Å². The van der Waals surface area contributed by atoms with Crippen LogP contribution in [-0.2, 0) is 69.4 Å². The molecule has 30 heteroatoms. The Balaban J connectivity index is 1.06. The van der Waals surface area contributed by atoms with Gasteiger partial charge in [0.2, 0.25) is 59.1 Å². The number of carbonyl (C=O) groups excluding carboxylic acids is 11. The van der Waals surface area contributed by atoms with Gasteiger partial charge in [-0.2, -0.15) is 11.8 Å². The number of amides is 10. The van der Waals surface area contributed by atoms with Gasteiger partial charge in [0.15, 0.2) is 5.60 Å².